The van der Waals surface area contributed by atoms with Crippen LogP contribution >= 0.6 is 15.9 Å². The van der Waals surface area contributed by atoms with Gasteiger partial charge in [-0.3, -0.25) is 0 Å². The predicted molar refractivity (Wildman–Crippen MR) is 91.9 cm³/mol. The van der Waals surface area contributed by atoms with Crippen LogP contribution in [0.1, 0.15) is 41.6 Å². The lowest BCUT2D eigenvalue weighted by atomic mass is 9.96. The summed E-state index contributed by atoms with van der Waals surface area (Å²) >= 11 is 3.59. The number of nitrogens with two attached hydrogens (primary N) is 1. The van der Waals surface area contributed by atoms with Crippen LogP contribution in [0.2, 0.25) is 0 Å². The second-order valence-electron chi connectivity index (χ2n) is 5.36. The van der Waals surface area contributed by atoms with Crippen molar-refractivity contribution in [3.63, 3.8) is 0 Å². The molecule has 21 heavy (non-hydrogen) atoms. The minimum atomic E-state index is -0.115. The Balaban J connectivity index is 2.21. The summed E-state index contributed by atoms with van der Waals surface area (Å²) in [5.74, 6) is 0.899. The van der Waals surface area contributed by atoms with Crippen molar-refractivity contribution in [2.75, 3.05) is 6.61 Å². The first-order chi connectivity index (χ1) is 10.0. The summed E-state index contributed by atoms with van der Waals surface area (Å²) in [6.45, 7) is 7.03. The molecule has 3 heteroatoms. The lowest BCUT2D eigenvalue weighted by Crippen LogP contribution is -2.12. The Bertz CT molecular complexity index is 584. The summed E-state index contributed by atoms with van der Waals surface area (Å²) < 4.78 is 6.76. The third-order valence-electron chi connectivity index (χ3n) is 3.53. The van der Waals surface area contributed by atoms with Gasteiger partial charge in [-0.15, -0.1) is 0 Å². The predicted octanol–water partition coefficient (Wildman–Crippen LogP) is 4.90. The largest absolute Gasteiger partial charge is 0.494 e. The molecule has 1 unspecified atom stereocenters. The van der Waals surface area contributed by atoms with Gasteiger partial charge in [0.2, 0.25) is 0 Å². The lowest BCUT2D eigenvalue weighted by Gasteiger charge is -2.16. The van der Waals surface area contributed by atoms with Gasteiger partial charge in [0, 0.05) is 4.47 Å². The van der Waals surface area contributed by atoms with Crippen molar-refractivity contribution in [2.24, 2.45) is 5.73 Å². The van der Waals surface area contributed by atoms with Crippen molar-refractivity contribution >= 4 is 15.9 Å². The van der Waals surface area contributed by atoms with Crippen molar-refractivity contribution in [1.82, 2.24) is 0 Å². The van der Waals surface area contributed by atoms with Gasteiger partial charge in [0.05, 0.1) is 12.6 Å². The lowest BCUT2D eigenvalue weighted by molar-refractivity contribution is 0.317. The zero-order valence-corrected chi connectivity index (χ0v) is 14.4. The summed E-state index contributed by atoms with van der Waals surface area (Å²) in [5, 5.41) is 0. The van der Waals surface area contributed by atoms with Crippen molar-refractivity contribution in [3.05, 3.63) is 63.1 Å². The van der Waals surface area contributed by atoms with Gasteiger partial charge in [-0.2, -0.15) is 0 Å². The van der Waals surface area contributed by atoms with E-state index < -0.39 is 0 Å². The summed E-state index contributed by atoms with van der Waals surface area (Å²) in [7, 11) is 0. The van der Waals surface area contributed by atoms with Crippen LogP contribution in [0.4, 0.5) is 0 Å². The number of rotatable bonds is 5. The van der Waals surface area contributed by atoms with E-state index in [4.69, 9.17) is 10.5 Å². The molecule has 0 amide bonds. The fourth-order valence-electron chi connectivity index (χ4n) is 2.34. The average molecular weight is 348 g/mol. The number of ether oxygens (including phenoxy) is 1. The first kappa shape index (κ1) is 16.1. The van der Waals surface area contributed by atoms with Gasteiger partial charge in [-0.1, -0.05) is 47.1 Å². The van der Waals surface area contributed by atoms with E-state index in [-0.39, 0.29) is 6.04 Å². The molecule has 0 aliphatic heterocycles. The minimum Gasteiger partial charge on any atom is -0.494 e. The van der Waals surface area contributed by atoms with Gasteiger partial charge in [0.1, 0.15) is 5.75 Å². The molecular formula is C18H22BrNO. The van der Waals surface area contributed by atoms with Crippen LogP contribution in [-0.4, -0.2) is 6.61 Å². The molecule has 0 aliphatic carbocycles. The second-order valence-corrected chi connectivity index (χ2v) is 6.16. The Morgan fingerprint density at radius 3 is 2.14 bits per heavy atom. The van der Waals surface area contributed by atoms with E-state index >= 15 is 0 Å². The highest BCUT2D eigenvalue weighted by atomic mass is 79.9. The zero-order valence-electron chi connectivity index (χ0n) is 12.8. The molecule has 2 aromatic carbocycles. The summed E-state index contributed by atoms with van der Waals surface area (Å²) in [5.41, 5.74) is 11.1. The van der Waals surface area contributed by atoms with E-state index in [9.17, 15) is 0 Å². The van der Waals surface area contributed by atoms with Crippen LogP contribution in [0.25, 0.3) is 0 Å². The molecular weight excluding hydrogens is 326 g/mol. The van der Waals surface area contributed by atoms with Crippen LogP contribution in [0.3, 0.4) is 0 Å². The first-order valence-electron chi connectivity index (χ1n) is 7.28. The van der Waals surface area contributed by atoms with Crippen LogP contribution in [-0.2, 0) is 0 Å². The van der Waals surface area contributed by atoms with E-state index in [1.165, 1.54) is 11.1 Å². The first-order valence-corrected chi connectivity index (χ1v) is 8.07. The Morgan fingerprint density at radius 1 is 1.05 bits per heavy atom. The third-order valence-corrected chi connectivity index (χ3v) is 4.78. The molecule has 0 spiro atoms. The van der Waals surface area contributed by atoms with E-state index in [0.29, 0.717) is 0 Å². The van der Waals surface area contributed by atoms with Crippen LogP contribution in [0.5, 0.6) is 5.75 Å². The SMILES string of the molecule is CCCOc1ccc(C(N)c2cc(C)c(Br)c(C)c2)cc1. The fourth-order valence-corrected chi connectivity index (χ4v) is 2.57. The zero-order chi connectivity index (χ0) is 15.4. The maximum absolute atomic E-state index is 6.40. The molecule has 0 bridgehead atoms. The minimum absolute atomic E-state index is 0.115. The number of hydrogen-bond donors (Lipinski definition) is 1. The molecule has 0 saturated heterocycles. The summed E-state index contributed by atoms with van der Waals surface area (Å²) in [6, 6.07) is 12.2. The quantitative estimate of drug-likeness (QED) is 0.834. The van der Waals surface area contributed by atoms with E-state index in [1.54, 1.807) is 0 Å². The second kappa shape index (κ2) is 7.10. The van der Waals surface area contributed by atoms with Gasteiger partial charge < -0.3 is 10.5 Å². The normalized spacial score (nSPS) is 12.2. The number of halogens is 1. The Morgan fingerprint density at radius 2 is 1.62 bits per heavy atom. The van der Waals surface area contributed by atoms with Crippen molar-refractivity contribution in [1.29, 1.82) is 0 Å². The number of benzene rings is 2. The average Bonchev–Trinajstić information content (AvgIpc) is 2.50. The highest BCUT2D eigenvalue weighted by Crippen LogP contribution is 2.28. The highest BCUT2D eigenvalue weighted by Gasteiger charge is 2.12. The monoisotopic (exact) mass is 347 g/mol. The van der Waals surface area contributed by atoms with Crippen LogP contribution in [0.15, 0.2) is 40.9 Å². The molecule has 0 fully saturated rings. The van der Waals surface area contributed by atoms with E-state index in [2.05, 4.69) is 48.8 Å². The van der Waals surface area contributed by atoms with E-state index in [0.717, 1.165) is 34.4 Å². The van der Waals surface area contributed by atoms with Crippen LogP contribution < -0.4 is 10.5 Å². The Kier molecular flexibility index (Phi) is 5.43. The maximum atomic E-state index is 6.40. The van der Waals surface area contributed by atoms with Gasteiger partial charge in [0.15, 0.2) is 0 Å². The molecule has 2 aromatic rings. The smallest absolute Gasteiger partial charge is 0.119 e. The standard InChI is InChI=1S/C18H22BrNO/c1-4-9-21-16-7-5-14(6-8-16)18(20)15-10-12(2)17(19)13(3)11-15/h5-8,10-11,18H,4,9,20H2,1-3H3. The molecule has 0 radical (unpaired) electrons. The van der Waals surface area contributed by atoms with Crippen molar-refractivity contribution < 1.29 is 4.74 Å². The van der Waals surface area contributed by atoms with Gasteiger partial charge >= 0.3 is 0 Å². The molecule has 2 N–H and O–H groups in total. The van der Waals surface area contributed by atoms with Gasteiger partial charge in [-0.25, -0.2) is 0 Å². The van der Waals surface area contributed by atoms with Gasteiger partial charge in [-0.05, 0) is 54.7 Å². The fraction of sp³-hybridized carbons (Fsp3) is 0.333. The van der Waals surface area contributed by atoms with Crippen molar-refractivity contribution in [2.45, 2.75) is 33.2 Å². The topological polar surface area (TPSA) is 35.2 Å². The summed E-state index contributed by atoms with van der Waals surface area (Å²) in [4.78, 5) is 0. The maximum Gasteiger partial charge on any atom is 0.119 e. The van der Waals surface area contributed by atoms with E-state index in [1.807, 2.05) is 24.3 Å². The molecule has 112 valence electrons. The molecule has 0 heterocycles. The number of hydrogen-bond acceptors (Lipinski definition) is 2. The number of aryl methyl sites for hydroxylation is 2. The van der Waals surface area contributed by atoms with Gasteiger partial charge in [0.25, 0.3) is 0 Å². The molecule has 0 saturated carbocycles. The molecule has 1 atom stereocenters. The molecule has 2 rings (SSSR count). The highest BCUT2D eigenvalue weighted by molar-refractivity contribution is 9.10. The molecule has 2 nitrogen and oxygen atoms in total. The third kappa shape index (κ3) is 3.86. The summed E-state index contributed by atoms with van der Waals surface area (Å²) in [6.07, 6.45) is 1.01. The van der Waals surface area contributed by atoms with Crippen molar-refractivity contribution in [3.8, 4) is 5.75 Å². The Hall–Kier alpha value is -1.32. The molecule has 0 aromatic heterocycles. The molecule has 0 aliphatic rings. The van der Waals surface area contributed by atoms with Crippen LogP contribution in [0, 0.1) is 13.8 Å². The Labute approximate surface area is 135 Å².